The molecule has 4 aliphatic rings. The van der Waals surface area contributed by atoms with Crippen LogP contribution in [-0.4, -0.2) is 95.2 Å². The van der Waals surface area contributed by atoms with Crippen molar-refractivity contribution < 1.29 is 23.2 Å². The number of likely N-dealkylation sites (tertiary alicyclic amines) is 2. The van der Waals surface area contributed by atoms with Gasteiger partial charge in [0.15, 0.2) is 0 Å². The van der Waals surface area contributed by atoms with Crippen molar-refractivity contribution in [1.82, 2.24) is 19.6 Å². The first-order valence-corrected chi connectivity index (χ1v) is 16.1. The molecule has 1 aromatic carbocycles. The highest BCUT2D eigenvalue weighted by atomic mass is 19.1. The molecule has 4 atom stereocenters. The molecule has 2 saturated heterocycles. The number of amides is 3. The monoisotopic (exact) mass is 600 g/mol. The summed E-state index contributed by atoms with van der Waals surface area (Å²) in [7, 11) is 3.39. The van der Waals surface area contributed by atoms with E-state index in [0.717, 1.165) is 44.6 Å². The predicted molar refractivity (Wildman–Crippen MR) is 162 cm³/mol. The molecule has 1 unspecified atom stereocenters. The van der Waals surface area contributed by atoms with Gasteiger partial charge in [0.05, 0.1) is 12.0 Å². The lowest BCUT2D eigenvalue weighted by atomic mass is 9.74. The summed E-state index contributed by atoms with van der Waals surface area (Å²) >= 11 is 0. The van der Waals surface area contributed by atoms with E-state index >= 15 is 4.39 Å². The zero-order valence-electron chi connectivity index (χ0n) is 27.0. The van der Waals surface area contributed by atoms with E-state index in [4.69, 9.17) is 0 Å². The first-order valence-electron chi connectivity index (χ1n) is 16.1. The van der Waals surface area contributed by atoms with E-state index in [1.54, 1.807) is 19.0 Å². The van der Waals surface area contributed by atoms with Crippen molar-refractivity contribution >= 4 is 17.7 Å². The maximum Gasteiger partial charge on any atom is 0.244 e. The molecule has 4 fully saturated rings. The van der Waals surface area contributed by atoms with Crippen molar-refractivity contribution in [2.45, 2.75) is 110 Å². The summed E-state index contributed by atoms with van der Waals surface area (Å²) in [6, 6.07) is 3.08. The van der Waals surface area contributed by atoms with Gasteiger partial charge in [0, 0.05) is 63.2 Å². The fourth-order valence-electron chi connectivity index (χ4n) is 7.62. The Bertz CT molecular complexity index is 1230. The van der Waals surface area contributed by atoms with E-state index in [2.05, 4.69) is 18.7 Å². The van der Waals surface area contributed by atoms with Crippen molar-refractivity contribution in [3.05, 3.63) is 35.4 Å². The number of hydrogen-bond donors (Lipinski definition) is 0. The van der Waals surface area contributed by atoms with Crippen LogP contribution in [-0.2, 0) is 14.4 Å². The van der Waals surface area contributed by atoms with Gasteiger partial charge in [-0.15, -0.1) is 0 Å². The second-order valence-electron chi connectivity index (χ2n) is 15.6. The molecule has 9 heteroatoms. The van der Waals surface area contributed by atoms with Crippen molar-refractivity contribution in [1.29, 1.82) is 0 Å². The van der Waals surface area contributed by atoms with E-state index in [-0.39, 0.29) is 41.8 Å². The molecule has 3 amide bonds. The average molecular weight is 601 g/mol. The van der Waals surface area contributed by atoms with Crippen LogP contribution in [0.5, 0.6) is 0 Å². The van der Waals surface area contributed by atoms with Crippen LogP contribution in [0.3, 0.4) is 0 Å². The van der Waals surface area contributed by atoms with Crippen LogP contribution in [0.25, 0.3) is 0 Å². The molecular formula is C34H50F2N4O3. The number of likely N-dealkylation sites (N-methyl/N-ethyl adjacent to an activating group) is 1. The second kappa shape index (κ2) is 11.8. The molecule has 2 aliphatic heterocycles. The summed E-state index contributed by atoms with van der Waals surface area (Å²) in [6.45, 7) is 11.6. The van der Waals surface area contributed by atoms with Crippen molar-refractivity contribution in [3.8, 4) is 0 Å². The topological polar surface area (TPSA) is 64.2 Å². The number of hydrogen-bond acceptors (Lipinski definition) is 4. The Kier molecular flexibility index (Phi) is 8.71. The van der Waals surface area contributed by atoms with Gasteiger partial charge in [-0.05, 0) is 62.0 Å². The van der Waals surface area contributed by atoms with Gasteiger partial charge in [-0.1, -0.05) is 40.7 Å². The first-order chi connectivity index (χ1) is 20.1. The van der Waals surface area contributed by atoms with E-state index < -0.39 is 34.9 Å². The largest absolute Gasteiger partial charge is 0.347 e. The Hall–Kier alpha value is -2.55. The van der Waals surface area contributed by atoms with Gasteiger partial charge in [-0.2, -0.15) is 0 Å². The first kappa shape index (κ1) is 31.9. The highest BCUT2D eigenvalue weighted by Crippen LogP contribution is 2.43. The van der Waals surface area contributed by atoms with Crippen LogP contribution in [0.4, 0.5) is 8.78 Å². The van der Waals surface area contributed by atoms with Gasteiger partial charge < -0.3 is 14.7 Å². The normalized spacial score (nSPS) is 28.3. The number of nitrogens with zero attached hydrogens (tertiary/aromatic N) is 4. The second-order valence-corrected chi connectivity index (χ2v) is 15.6. The lowest BCUT2D eigenvalue weighted by molar-refractivity contribution is -0.147. The van der Waals surface area contributed by atoms with E-state index in [1.807, 2.05) is 25.7 Å². The third-order valence-electron chi connectivity index (χ3n) is 10.4. The van der Waals surface area contributed by atoms with Gasteiger partial charge in [0.2, 0.25) is 17.7 Å². The zero-order chi connectivity index (χ0) is 31.4. The SMILES string of the molecule is CN(C)C(=O)[C@@H]1C[C@H](N(C(=O)C(C)(C)C)C2CCC(C)(C)CC2)CN1C(=O)C1CN(C2CC2)C[C@H]1c1ccc(F)cc1F. The number of carbonyl (C=O) groups is 3. The molecule has 0 aromatic heterocycles. The molecule has 238 valence electrons. The molecule has 5 rings (SSSR count). The number of carbonyl (C=O) groups excluding carboxylic acids is 3. The molecule has 2 heterocycles. The standard InChI is InChI=1S/C34H50F2N4O3/c1-33(2,3)32(43)40(23-12-14-34(4,5)15-13-23)24-17-29(31(42)37(6)7)39(18-24)30(41)27-20-38(22-9-10-22)19-26(27)25-11-8-21(35)16-28(25)36/h8,11,16,22-24,26-27,29H,9-10,12-15,17-20H2,1-7H3/t24-,26-,27?,29-/m0/s1. The van der Waals surface area contributed by atoms with E-state index in [9.17, 15) is 18.8 Å². The van der Waals surface area contributed by atoms with Crippen LogP contribution in [0.2, 0.25) is 0 Å². The summed E-state index contributed by atoms with van der Waals surface area (Å²) in [5.74, 6) is -2.55. The minimum absolute atomic E-state index is 0.0552. The smallest absolute Gasteiger partial charge is 0.244 e. The van der Waals surface area contributed by atoms with E-state index in [1.165, 1.54) is 17.0 Å². The predicted octanol–water partition coefficient (Wildman–Crippen LogP) is 5.04. The number of halogens is 2. The van der Waals surface area contributed by atoms with Gasteiger partial charge in [0.25, 0.3) is 0 Å². The fraction of sp³-hybridized carbons (Fsp3) is 0.735. The molecule has 0 bridgehead atoms. The molecule has 1 aromatic rings. The van der Waals surface area contributed by atoms with Gasteiger partial charge in [0.1, 0.15) is 17.7 Å². The quantitative estimate of drug-likeness (QED) is 0.459. The van der Waals surface area contributed by atoms with Gasteiger partial charge >= 0.3 is 0 Å². The molecule has 0 spiro atoms. The lowest BCUT2D eigenvalue weighted by Gasteiger charge is -2.45. The Morgan fingerprint density at radius 1 is 0.930 bits per heavy atom. The minimum Gasteiger partial charge on any atom is -0.347 e. The third-order valence-corrected chi connectivity index (χ3v) is 10.4. The maximum absolute atomic E-state index is 15.1. The summed E-state index contributed by atoms with van der Waals surface area (Å²) in [5, 5.41) is 0. The highest BCUT2D eigenvalue weighted by Gasteiger charge is 2.52. The molecule has 0 radical (unpaired) electrons. The minimum atomic E-state index is -0.698. The Morgan fingerprint density at radius 3 is 2.14 bits per heavy atom. The zero-order valence-corrected chi connectivity index (χ0v) is 27.0. The number of rotatable bonds is 6. The summed E-state index contributed by atoms with van der Waals surface area (Å²) < 4.78 is 28.9. The van der Waals surface area contributed by atoms with Gasteiger partial charge in [-0.3, -0.25) is 19.3 Å². The Morgan fingerprint density at radius 2 is 1.58 bits per heavy atom. The summed E-state index contributed by atoms with van der Waals surface area (Å²) in [6.07, 6.45) is 6.33. The molecule has 7 nitrogen and oxygen atoms in total. The molecule has 43 heavy (non-hydrogen) atoms. The third kappa shape index (κ3) is 6.62. The van der Waals surface area contributed by atoms with Crippen LogP contribution in [0.15, 0.2) is 18.2 Å². The highest BCUT2D eigenvalue weighted by molar-refractivity contribution is 5.90. The Balaban J connectivity index is 1.47. The van der Waals surface area contributed by atoms with Crippen molar-refractivity contribution in [2.75, 3.05) is 33.7 Å². The average Bonchev–Trinajstić information content (AvgIpc) is 3.53. The molecular weight excluding hydrogens is 550 g/mol. The number of benzene rings is 1. The maximum atomic E-state index is 15.1. The molecule has 0 N–H and O–H groups in total. The summed E-state index contributed by atoms with van der Waals surface area (Å²) in [5.41, 5.74) is -0.0231. The summed E-state index contributed by atoms with van der Waals surface area (Å²) in [4.78, 5) is 49.7. The lowest BCUT2D eigenvalue weighted by Crippen LogP contribution is -2.54. The fourth-order valence-corrected chi connectivity index (χ4v) is 7.62. The molecule has 2 aliphatic carbocycles. The van der Waals surface area contributed by atoms with Crippen LogP contribution in [0.1, 0.15) is 91.0 Å². The van der Waals surface area contributed by atoms with Gasteiger partial charge in [-0.25, -0.2) is 8.78 Å². The molecule has 2 saturated carbocycles. The van der Waals surface area contributed by atoms with Crippen molar-refractivity contribution in [2.24, 2.45) is 16.7 Å². The Labute approximate surface area is 255 Å². The van der Waals surface area contributed by atoms with Crippen LogP contribution < -0.4 is 0 Å². The van der Waals surface area contributed by atoms with Crippen LogP contribution >= 0.6 is 0 Å². The van der Waals surface area contributed by atoms with Crippen molar-refractivity contribution in [3.63, 3.8) is 0 Å². The van der Waals surface area contributed by atoms with Crippen LogP contribution in [0, 0.1) is 28.4 Å². The van der Waals surface area contributed by atoms with E-state index in [0.29, 0.717) is 31.1 Å².